The molecule has 1 heterocycles. The van der Waals surface area contributed by atoms with Crippen molar-refractivity contribution in [1.29, 1.82) is 0 Å². The number of anilines is 1. The topological polar surface area (TPSA) is 85.1 Å². The number of nitrogens with zero attached hydrogens (tertiary/aromatic N) is 1. The number of para-hydroxylation sites is 1. The Bertz CT molecular complexity index is 939. The van der Waals surface area contributed by atoms with Crippen LogP contribution < -0.4 is 11.1 Å². The van der Waals surface area contributed by atoms with Gasteiger partial charge in [-0.25, -0.2) is 4.98 Å². The highest BCUT2D eigenvalue weighted by Gasteiger charge is 2.13. The molecule has 2 aromatic carbocycles. The van der Waals surface area contributed by atoms with Gasteiger partial charge in [-0.05, 0) is 24.3 Å². The van der Waals surface area contributed by atoms with Crippen LogP contribution in [0.3, 0.4) is 0 Å². The molecule has 25 heavy (non-hydrogen) atoms. The molecule has 7 heteroatoms. The Morgan fingerprint density at radius 3 is 2.72 bits per heavy atom. The molecule has 0 aliphatic rings. The van der Waals surface area contributed by atoms with E-state index in [1.54, 1.807) is 24.3 Å². The Hall–Kier alpha value is -2.51. The van der Waals surface area contributed by atoms with Crippen LogP contribution in [0.4, 0.5) is 5.69 Å². The van der Waals surface area contributed by atoms with Crippen molar-refractivity contribution in [2.45, 2.75) is 6.42 Å². The van der Waals surface area contributed by atoms with E-state index in [0.717, 1.165) is 15.0 Å². The highest BCUT2D eigenvalue weighted by molar-refractivity contribution is 9.10. The zero-order valence-electron chi connectivity index (χ0n) is 13.0. The van der Waals surface area contributed by atoms with Crippen LogP contribution in [-0.4, -0.2) is 16.8 Å². The molecule has 0 fully saturated rings. The fourth-order valence-corrected chi connectivity index (χ4v) is 3.52. The summed E-state index contributed by atoms with van der Waals surface area (Å²) in [5.41, 5.74) is 7.67. The molecule has 5 nitrogen and oxygen atoms in total. The number of carbonyl (C=O) groups is 2. The SMILES string of the molecule is NC(=O)c1ccccc1NC(=O)Cc1csc(-c2cccc(Br)c2)n1. The van der Waals surface area contributed by atoms with Crippen molar-refractivity contribution >= 4 is 44.8 Å². The van der Waals surface area contributed by atoms with Gasteiger partial charge in [0.05, 0.1) is 23.4 Å². The van der Waals surface area contributed by atoms with Gasteiger partial charge in [0.25, 0.3) is 5.91 Å². The molecule has 0 aliphatic heterocycles. The van der Waals surface area contributed by atoms with Crippen molar-refractivity contribution in [3.05, 3.63) is 69.6 Å². The lowest BCUT2D eigenvalue weighted by atomic mass is 10.1. The third-order valence-corrected chi connectivity index (χ3v) is 4.87. The van der Waals surface area contributed by atoms with Gasteiger partial charge < -0.3 is 11.1 Å². The van der Waals surface area contributed by atoms with Crippen LogP contribution in [0.25, 0.3) is 10.6 Å². The van der Waals surface area contributed by atoms with Crippen molar-refractivity contribution in [3.63, 3.8) is 0 Å². The molecule has 3 aromatic rings. The highest BCUT2D eigenvalue weighted by Crippen LogP contribution is 2.26. The maximum atomic E-state index is 12.3. The van der Waals surface area contributed by atoms with Crippen molar-refractivity contribution < 1.29 is 9.59 Å². The molecule has 2 amide bonds. The van der Waals surface area contributed by atoms with Gasteiger partial charge in [0, 0.05) is 15.4 Å². The number of thiazole rings is 1. The minimum Gasteiger partial charge on any atom is -0.366 e. The van der Waals surface area contributed by atoms with Gasteiger partial charge in [-0.15, -0.1) is 11.3 Å². The van der Waals surface area contributed by atoms with E-state index in [9.17, 15) is 9.59 Å². The summed E-state index contributed by atoms with van der Waals surface area (Å²) in [6, 6.07) is 14.5. The van der Waals surface area contributed by atoms with E-state index in [-0.39, 0.29) is 17.9 Å². The zero-order chi connectivity index (χ0) is 17.8. The Labute approximate surface area is 157 Å². The molecule has 0 saturated carbocycles. The lowest BCUT2D eigenvalue weighted by Gasteiger charge is -2.07. The number of hydrogen-bond donors (Lipinski definition) is 2. The van der Waals surface area contributed by atoms with Crippen LogP contribution in [-0.2, 0) is 11.2 Å². The first-order valence-electron chi connectivity index (χ1n) is 7.42. The number of aromatic nitrogens is 1. The molecule has 126 valence electrons. The first kappa shape index (κ1) is 17.3. The summed E-state index contributed by atoms with van der Waals surface area (Å²) in [5, 5.41) is 5.42. The minimum absolute atomic E-state index is 0.123. The van der Waals surface area contributed by atoms with Crippen LogP contribution >= 0.6 is 27.3 Å². The molecule has 0 unspecified atom stereocenters. The Balaban J connectivity index is 1.71. The summed E-state index contributed by atoms with van der Waals surface area (Å²) in [4.78, 5) is 28.2. The second-order valence-electron chi connectivity index (χ2n) is 5.29. The van der Waals surface area contributed by atoms with Crippen molar-refractivity contribution in [2.75, 3.05) is 5.32 Å². The molecule has 0 aliphatic carbocycles. The van der Waals surface area contributed by atoms with Crippen molar-refractivity contribution in [2.24, 2.45) is 5.73 Å². The molecule has 3 rings (SSSR count). The van der Waals surface area contributed by atoms with Crippen molar-refractivity contribution in [1.82, 2.24) is 4.98 Å². The normalized spacial score (nSPS) is 10.4. The van der Waals surface area contributed by atoms with E-state index in [0.29, 0.717) is 11.4 Å². The van der Waals surface area contributed by atoms with Crippen LogP contribution in [0.5, 0.6) is 0 Å². The third-order valence-electron chi connectivity index (χ3n) is 3.43. The van der Waals surface area contributed by atoms with E-state index >= 15 is 0 Å². The van der Waals surface area contributed by atoms with Crippen LogP contribution in [0.1, 0.15) is 16.1 Å². The summed E-state index contributed by atoms with van der Waals surface area (Å²) in [6.07, 6.45) is 0.123. The maximum Gasteiger partial charge on any atom is 0.250 e. The number of hydrogen-bond acceptors (Lipinski definition) is 4. The molecule has 1 aromatic heterocycles. The monoisotopic (exact) mass is 415 g/mol. The van der Waals surface area contributed by atoms with Crippen LogP contribution in [0.2, 0.25) is 0 Å². The standard InChI is InChI=1S/C18H14BrN3O2S/c19-12-5-3-4-11(8-12)18-21-13(10-25-18)9-16(23)22-15-7-2-1-6-14(15)17(20)24/h1-8,10H,9H2,(H2,20,24)(H,22,23). The first-order chi connectivity index (χ1) is 12.0. The average Bonchev–Trinajstić information content (AvgIpc) is 3.03. The van der Waals surface area contributed by atoms with Gasteiger partial charge in [0.15, 0.2) is 0 Å². The number of nitrogens with one attached hydrogen (secondary N) is 1. The second kappa shape index (κ2) is 7.58. The highest BCUT2D eigenvalue weighted by atomic mass is 79.9. The van der Waals surface area contributed by atoms with E-state index in [1.165, 1.54) is 11.3 Å². The second-order valence-corrected chi connectivity index (χ2v) is 7.06. The molecule has 0 bridgehead atoms. The number of carbonyl (C=O) groups excluding carboxylic acids is 2. The lowest BCUT2D eigenvalue weighted by molar-refractivity contribution is -0.115. The first-order valence-corrected chi connectivity index (χ1v) is 9.09. The predicted molar refractivity (Wildman–Crippen MR) is 103 cm³/mol. The summed E-state index contributed by atoms with van der Waals surface area (Å²) in [5.74, 6) is -0.832. The van der Waals surface area contributed by atoms with Gasteiger partial charge >= 0.3 is 0 Å². The third kappa shape index (κ3) is 4.32. The molecular formula is C18H14BrN3O2S. The van der Waals surface area contributed by atoms with E-state index in [1.807, 2.05) is 29.6 Å². The Kier molecular flexibility index (Phi) is 5.25. The number of benzene rings is 2. The summed E-state index contributed by atoms with van der Waals surface area (Å²) in [6.45, 7) is 0. The fraction of sp³-hybridized carbons (Fsp3) is 0.0556. The van der Waals surface area contributed by atoms with Crippen molar-refractivity contribution in [3.8, 4) is 10.6 Å². The number of halogens is 1. The minimum atomic E-state index is -0.582. The van der Waals surface area contributed by atoms with Gasteiger partial charge in [-0.3, -0.25) is 9.59 Å². The van der Waals surface area contributed by atoms with E-state index < -0.39 is 5.91 Å². The smallest absolute Gasteiger partial charge is 0.250 e. The van der Waals surface area contributed by atoms with E-state index in [4.69, 9.17) is 5.73 Å². The average molecular weight is 416 g/mol. The van der Waals surface area contributed by atoms with E-state index in [2.05, 4.69) is 26.2 Å². The quantitative estimate of drug-likeness (QED) is 0.663. The van der Waals surface area contributed by atoms with Gasteiger partial charge in [0.2, 0.25) is 5.91 Å². The predicted octanol–water partition coefficient (Wildman–Crippen LogP) is 3.85. The van der Waals surface area contributed by atoms with Gasteiger partial charge in [0.1, 0.15) is 5.01 Å². The number of nitrogens with two attached hydrogens (primary N) is 1. The number of primary amides is 1. The maximum absolute atomic E-state index is 12.3. The summed E-state index contributed by atoms with van der Waals surface area (Å²) in [7, 11) is 0. The molecule has 0 saturated heterocycles. The summed E-state index contributed by atoms with van der Waals surface area (Å²) < 4.78 is 0.975. The number of rotatable bonds is 5. The molecule has 0 spiro atoms. The summed E-state index contributed by atoms with van der Waals surface area (Å²) >= 11 is 4.92. The van der Waals surface area contributed by atoms with Crippen LogP contribution in [0, 0.1) is 0 Å². The van der Waals surface area contributed by atoms with Gasteiger partial charge in [-0.1, -0.05) is 40.2 Å². The van der Waals surface area contributed by atoms with Gasteiger partial charge in [-0.2, -0.15) is 0 Å². The lowest BCUT2D eigenvalue weighted by Crippen LogP contribution is -2.19. The fourth-order valence-electron chi connectivity index (χ4n) is 2.31. The molecule has 0 radical (unpaired) electrons. The van der Waals surface area contributed by atoms with Crippen LogP contribution in [0.15, 0.2) is 58.4 Å². The molecule has 3 N–H and O–H groups in total. The Morgan fingerprint density at radius 1 is 1.16 bits per heavy atom. The number of amides is 2. The largest absolute Gasteiger partial charge is 0.366 e. The Morgan fingerprint density at radius 2 is 1.96 bits per heavy atom. The molecular weight excluding hydrogens is 402 g/mol. The zero-order valence-corrected chi connectivity index (χ0v) is 15.4. The molecule has 0 atom stereocenters.